The number of thiophene rings is 1. The van der Waals surface area contributed by atoms with Gasteiger partial charge in [0.25, 0.3) is 15.9 Å². The Morgan fingerprint density at radius 2 is 1.66 bits per heavy atom. The molecule has 1 aromatic heterocycles. The number of likely N-dealkylation sites (N-methyl/N-ethyl adjacent to an activating group) is 1. The molecule has 0 saturated carbocycles. The Morgan fingerprint density at radius 1 is 1.00 bits per heavy atom. The van der Waals surface area contributed by atoms with Crippen LogP contribution in [0.3, 0.4) is 0 Å². The number of carbonyl (C=O) groups is 2. The molecular weight excluding hydrogens is 450 g/mol. The van der Waals surface area contributed by atoms with E-state index >= 15 is 0 Å². The Kier molecular flexibility index (Phi) is 7.16. The number of sulfonamides is 1. The Morgan fingerprint density at radius 3 is 2.22 bits per heavy atom. The van der Waals surface area contributed by atoms with E-state index in [9.17, 15) is 18.0 Å². The van der Waals surface area contributed by atoms with E-state index < -0.39 is 15.9 Å². The van der Waals surface area contributed by atoms with Crippen molar-refractivity contribution in [2.75, 3.05) is 25.0 Å². The van der Waals surface area contributed by atoms with Gasteiger partial charge in [-0.2, -0.15) is 0 Å². The van der Waals surface area contributed by atoms with Crippen molar-refractivity contribution in [3.05, 3.63) is 77.2 Å². The van der Waals surface area contributed by atoms with Crippen LogP contribution in [0.5, 0.6) is 5.75 Å². The van der Waals surface area contributed by atoms with Crippen LogP contribution < -0.4 is 14.8 Å². The second-order valence-electron chi connectivity index (χ2n) is 7.00. The van der Waals surface area contributed by atoms with Gasteiger partial charge in [-0.15, -0.1) is 11.3 Å². The van der Waals surface area contributed by atoms with Crippen LogP contribution in [0.15, 0.2) is 70.3 Å². The van der Waals surface area contributed by atoms with Crippen LogP contribution in [0.4, 0.5) is 5.69 Å². The minimum atomic E-state index is -3.61. The molecule has 8 nitrogen and oxygen atoms in total. The van der Waals surface area contributed by atoms with Crippen LogP contribution in [0.25, 0.3) is 0 Å². The van der Waals surface area contributed by atoms with Crippen molar-refractivity contribution in [3.8, 4) is 5.75 Å². The lowest BCUT2D eigenvalue weighted by Crippen LogP contribution is -2.31. The fourth-order valence-corrected chi connectivity index (χ4v) is 5.18. The first-order valence-corrected chi connectivity index (χ1v) is 11.9. The number of carbonyl (C=O) groups excluding carboxylic acids is 2. The SMILES string of the molecule is CN(Cc1ccc(C(N)=O)cc1)C(=O)COc1ccc(N(C)S(=O)(=O)c2cccs2)cc1. The number of nitrogens with two attached hydrogens (primary N) is 1. The topological polar surface area (TPSA) is 110 Å². The highest BCUT2D eigenvalue weighted by Gasteiger charge is 2.22. The van der Waals surface area contributed by atoms with Gasteiger partial charge in [0.15, 0.2) is 6.61 Å². The lowest BCUT2D eigenvalue weighted by Gasteiger charge is -2.19. The van der Waals surface area contributed by atoms with Crippen LogP contribution in [-0.2, 0) is 21.4 Å². The van der Waals surface area contributed by atoms with E-state index in [1.54, 1.807) is 73.1 Å². The molecule has 0 aliphatic carbocycles. The van der Waals surface area contributed by atoms with Crippen molar-refractivity contribution in [2.24, 2.45) is 5.73 Å². The first-order valence-electron chi connectivity index (χ1n) is 9.56. The fraction of sp³-hybridized carbons (Fsp3) is 0.182. The van der Waals surface area contributed by atoms with Gasteiger partial charge in [-0.05, 0) is 53.4 Å². The van der Waals surface area contributed by atoms with Crippen LogP contribution in [0.2, 0.25) is 0 Å². The zero-order valence-corrected chi connectivity index (χ0v) is 19.2. The standard InChI is InChI=1S/C22H23N3O5S2/c1-24(14-16-5-7-17(8-6-16)22(23)27)20(26)15-30-19-11-9-18(10-12-19)25(2)32(28,29)21-4-3-13-31-21/h3-13H,14-15H2,1-2H3,(H2,23,27). The first-order chi connectivity index (χ1) is 15.2. The van der Waals surface area contributed by atoms with Gasteiger partial charge in [-0.3, -0.25) is 13.9 Å². The molecule has 0 saturated heterocycles. The Labute approximate surface area is 190 Å². The van der Waals surface area contributed by atoms with Gasteiger partial charge >= 0.3 is 0 Å². The van der Waals surface area contributed by atoms with Crippen molar-refractivity contribution in [1.82, 2.24) is 4.90 Å². The number of ether oxygens (including phenoxy) is 1. The monoisotopic (exact) mass is 473 g/mol. The molecule has 1 heterocycles. The summed E-state index contributed by atoms with van der Waals surface area (Å²) in [6.07, 6.45) is 0. The Hall–Kier alpha value is -3.37. The average molecular weight is 474 g/mol. The van der Waals surface area contributed by atoms with Gasteiger partial charge in [0.05, 0.1) is 5.69 Å². The molecule has 0 atom stereocenters. The van der Waals surface area contributed by atoms with Crippen LogP contribution in [0.1, 0.15) is 15.9 Å². The third-order valence-electron chi connectivity index (χ3n) is 4.76. The van der Waals surface area contributed by atoms with Crippen molar-refractivity contribution in [3.63, 3.8) is 0 Å². The zero-order chi connectivity index (χ0) is 23.3. The molecule has 10 heteroatoms. The molecule has 0 unspecified atom stereocenters. The fourth-order valence-electron chi connectivity index (χ4n) is 2.83. The highest BCUT2D eigenvalue weighted by molar-refractivity contribution is 7.94. The number of primary amides is 1. The van der Waals surface area contributed by atoms with E-state index in [1.807, 2.05) is 0 Å². The lowest BCUT2D eigenvalue weighted by molar-refractivity contribution is -0.132. The van der Waals surface area contributed by atoms with Crippen molar-refractivity contribution in [2.45, 2.75) is 10.8 Å². The summed E-state index contributed by atoms with van der Waals surface area (Å²) in [5.41, 5.74) is 6.96. The molecule has 0 aliphatic heterocycles. The third kappa shape index (κ3) is 5.45. The molecule has 32 heavy (non-hydrogen) atoms. The summed E-state index contributed by atoms with van der Waals surface area (Å²) in [7, 11) is -0.472. The first kappa shape index (κ1) is 23.3. The molecule has 2 aromatic carbocycles. The number of rotatable bonds is 9. The molecule has 0 bridgehead atoms. The van der Waals surface area contributed by atoms with Crippen LogP contribution in [0, 0.1) is 0 Å². The third-order valence-corrected chi connectivity index (χ3v) is 7.92. The lowest BCUT2D eigenvalue weighted by atomic mass is 10.1. The molecule has 0 spiro atoms. The van der Waals surface area contributed by atoms with E-state index in [0.29, 0.717) is 23.5 Å². The number of hydrogen-bond acceptors (Lipinski definition) is 6. The molecule has 0 radical (unpaired) electrons. The molecule has 2 N–H and O–H groups in total. The Bertz CT molecular complexity index is 1180. The summed E-state index contributed by atoms with van der Waals surface area (Å²) in [4.78, 5) is 25.0. The highest BCUT2D eigenvalue weighted by Crippen LogP contribution is 2.26. The van der Waals surface area contributed by atoms with Crippen molar-refractivity contribution in [1.29, 1.82) is 0 Å². The molecular formula is C22H23N3O5S2. The summed E-state index contributed by atoms with van der Waals surface area (Å²) in [6, 6.07) is 16.4. The maximum absolute atomic E-state index is 12.6. The van der Waals surface area contributed by atoms with Gasteiger partial charge in [0.2, 0.25) is 5.91 Å². The van der Waals surface area contributed by atoms with E-state index in [1.165, 1.54) is 16.3 Å². The second kappa shape index (κ2) is 9.84. The summed E-state index contributed by atoms with van der Waals surface area (Å²) in [5, 5.41) is 1.71. The zero-order valence-electron chi connectivity index (χ0n) is 17.6. The van der Waals surface area contributed by atoms with E-state index in [0.717, 1.165) is 16.9 Å². The normalized spacial score (nSPS) is 11.1. The molecule has 2 amide bonds. The number of amides is 2. The van der Waals surface area contributed by atoms with Gasteiger partial charge in [-0.1, -0.05) is 18.2 Å². The summed E-state index contributed by atoms with van der Waals surface area (Å²) in [6.45, 7) is 0.185. The van der Waals surface area contributed by atoms with Crippen LogP contribution in [-0.4, -0.2) is 45.8 Å². The number of anilines is 1. The minimum Gasteiger partial charge on any atom is -0.484 e. The summed E-state index contributed by atoms with van der Waals surface area (Å²) in [5.74, 6) is -0.288. The quantitative estimate of drug-likeness (QED) is 0.514. The minimum absolute atomic E-state index is 0.168. The van der Waals surface area contributed by atoms with E-state index in [2.05, 4.69) is 0 Å². The van der Waals surface area contributed by atoms with Crippen LogP contribution >= 0.6 is 11.3 Å². The largest absolute Gasteiger partial charge is 0.484 e. The Balaban J connectivity index is 1.55. The van der Waals surface area contributed by atoms with Gasteiger partial charge in [-0.25, -0.2) is 8.42 Å². The van der Waals surface area contributed by atoms with Gasteiger partial charge in [0, 0.05) is 26.2 Å². The molecule has 3 rings (SSSR count). The maximum atomic E-state index is 12.6. The maximum Gasteiger partial charge on any atom is 0.273 e. The molecule has 0 fully saturated rings. The van der Waals surface area contributed by atoms with Crippen molar-refractivity contribution < 1.29 is 22.7 Å². The smallest absolute Gasteiger partial charge is 0.273 e. The molecule has 0 aliphatic rings. The predicted molar refractivity (Wildman–Crippen MR) is 123 cm³/mol. The van der Waals surface area contributed by atoms with E-state index in [4.69, 9.17) is 10.5 Å². The number of hydrogen-bond donors (Lipinski definition) is 1. The average Bonchev–Trinajstić information content (AvgIpc) is 3.33. The molecule has 3 aromatic rings. The summed E-state index contributed by atoms with van der Waals surface area (Å²) < 4.78 is 32.2. The van der Waals surface area contributed by atoms with Gasteiger partial charge in [0.1, 0.15) is 9.96 Å². The second-order valence-corrected chi connectivity index (χ2v) is 10.1. The molecule has 168 valence electrons. The van der Waals surface area contributed by atoms with Crippen molar-refractivity contribution >= 4 is 38.9 Å². The predicted octanol–water partition coefficient (Wildman–Crippen LogP) is 2.71. The highest BCUT2D eigenvalue weighted by atomic mass is 32.2. The van der Waals surface area contributed by atoms with Gasteiger partial charge < -0.3 is 15.4 Å². The number of benzene rings is 2. The number of nitrogens with zero attached hydrogens (tertiary/aromatic N) is 2. The van der Waals surface area contributed by atoms with E-state index in [-0.39, 0.29) is 16.7 Å². The summed E-state index contributed by atoms with van der Waals surface area (Å²) >= 11 is 1.16.